The smallest absolute Gasteiger partial charge is 0.253 e. The molecule has 1 aromatic heterocycles. The fourth-order valence-electron chi connectivity index (χ4n) is 3.25. The number of hydrogen-bond donors (Lipinski definition) is 2. The number of pyridine rings is 1. The van der Waals surface area contributed by atoms with Crippen LogP contribution in [0.1, 0.15) is 15.9 Å². The number of halogens is 1. The Morgan fingerprint density at radius 2 is 2.27 bits per heavy atom. The molecular weight excluding hydrogens is 337 g/mol. The molecule has 2 aromatic rings. The summed E-state index contributed by atoms with van der Waals surface area (Å²) < 4.78 is 18.6. The van der Waals surface area contributed by atoms with E-state index >= 15 is 0 Å². The zero-order valence-corrected chi connectivity index (χ0v) is 14.6. The van der Waals surface area contributed by atoms with Crippen molar-refractivity contribution in [1.82, 2.24) is 15.2 Å². The van der Waals surface area contributed by atoms with E-state index in [-0.39, 0.29) is 30.2 Å². The molecule has 1 aromatic carbocycles. The van der Waals surface area contributed by atoms with Crippen LogP contribution in [0.3, 0.4) is 0 Å². The predicted octanol–water partition coefficient (Wildman–Crippen LogP) is 1.45. The number of methoxy groups -OCH3 is 1. The minimum absolute atomic E-state index is 0.0127. The van der Waals surface area contributed by atoms with Crippen molar-refractivity contribution in [3.63, 3.8) is 0 Å². The van der Waals surface area contributed by atoms with Gasteiger partial charge in [0.15, 0.2) is 11.6 Å². The maximum atomic E-state index is 13.5. The van der Waals surface area contributed by atoms with E-state index in [4.69, 9.17) is 4.74 Å². The summed E-state index contributed by atoms with van der Waals surface area (Å²) in [4.78, 5) is 18.4. The van der Waals surface area contributed by atoms with E-state index in [1.54, 1.807) is 30.5 Å². The summed E-state index contributed by atoms with van der Waals surface area (Å²) in [6.45, 7) is 1.83. The second kappa shape index (κ2) is 8.25. The molecule has 0 aliphatic carbocycles. The van der Waals surface area contributed by atoms with Gasteiger partial charge in [0.1, 0.15) is 0 Å². The van der Waals surface area contributed by atoms with Gasteiger partial charge in [0.25, 0.3) is 5.91 Å². The molecule has 0 saturated carbocycles. The van der Waals surface area contributed by atoms with E-state index in [2.05, 4.69) is 15.2 Å². The van der Waals surface area contributed by atoms with Gasteiger partial charge in [-0.05, 0) is 29.8 Å². The Labute approximate surface area is 151 Å². The zero-order chi connectivity index (χ0) is 18.5. The third-order valence-corrected chi connectivity index (χ3v) is 4.61. The van der Waals surface area contributed by atoms with E-state index in [0.717, 1.165) is 5.56 Å². The Bertz CT molecular complexity index is 757. The number of carbonyl (C=O) groups is 1. The van der Waals surface area contributed by atoms with Gasteiger partial charge in [-0.15, -0.1) is 0 Å². The number of hydrogen-bond acceptors (Lipinski definition) is 5. The van der Waals surface area contributed by atoms with E-state index in [1.807, 2.05) is 0 Å². The summed E-state index contributed by atoms with van der Waals surface area (Å²) >= 11 is 0. The van der Waals surface area contributed by atoms with Crippen molar-refractivity contribution in [2.45, 2.75) is 12.6 Å². The summed E-state index contributed by atoms with van der Waals surface area (Å²) in [5.74, 6) is -0.445. The van der Waals surface area contributed by atoms with Crippen LogP contribution in [0.4, 0.5) is 4.39 Å². The summed E-state index contributed by atoms with van der Waals surface area (Å²) in [7, 11) is 1.43. The van der Waals surface area contributed by atoms with E-state index in [1.165, 1.54) is 19.4 Å². The minimum atomic E-state index is -0.396. The molecule has 0 radical (unpaired) electrons. The minimum Gasteiger partial charge on any atom is -0.494 e. The van der Waals surface area contributed by atoms with Crippen LogP contribution in [0.5, 0.6) is 5.75 Å². The van der Waals surface area contributed by atoms with Gasteiger partial charge in [0, 0.05) is 50.6 Å². The van der Waals surface area contributed by atoms with Gasteiger partial charge in [-0.2, -0.15) is 0 Å². The largest absolute Gasteiger partial charge is 0.494 e. The molecule has 1 amide bonds. The van der Waals surface area contributed by atoms with Crippen molar-refractivity contribution < 1.29 is 19.0 Å². The number of benzene rings is 1. The summed E-state index contributed by atoms with van der Waals surface area (Å²) in [5.41, 5.74) is 1.41. The number of rotatable bonds is 6. The number of nitrogens with zero attached hydrogens (tertiary/aromatic N) is 2. The van der Waals surface area contributed by atoms with Crippen LogP contribution < -0.4 is 10.1 Å². The number of nitrogens with one attached hydrogen (secondary N) is 1. The summed E-state index contributed by atoms with van der Waals surface area (Å²) in [5, 5.41) is 12.6. The first-order chi connectivity index (χ1) is 12.6. The molecule has 26 heavy (non-hydrogen) atoms. The van der Waals surface area contributed by atoms with Crippen LogP contribution in [0.2, 0.25) is 0 Å². The lowest BCUT2D eigenvalue weighted by Gasteiger charge is -2.18. The van der Waals surface area contributed by atoms with Crippen molar-refractivity contribution in [1.29, 1.82) is 0 Å². The normalized spacial score (nSPS) is 20.1. The monoisotopic (exact) mass is 359 g/mol. The molecule has 1 aliphatic heterocycles. The maximum absolute atomic E-state index is 13.5. The van der Waals surface area contributed by atoms with Gasteiger partial charge in [-0.3, -0.25) is 14.7 Å². The molecule has 3 rings (SSSR count). The highest BCUT2D eigenvalue weighted by Crippen LogP contribution is 2.23. The van der Waals surface area contributed by atoms with Crippen LogP contribution in [0.25, 0.3) is 0 Å². The molecule has 138 valence electrons. The highest BCUT2D eigenvalue weighted by Gasteiger charge is 2.33. The Kier molecular flexibility index (Phi) is 5.80. The van der Waals surface area contributed by atoms with Crippen LogP contribution in [-0.4, -0.2) is 53.7 Å². The SMILES string of the molecule is COc1cc(CN2C[C@@H](CO)[C@H](NC(=O)c3cccnc3)C2)ccc1F. The quantitative estimate of drug-likeness (QED) is 0.817. The standard InChI is InChI=1S/C19H22FN3O3/c1-26-18-7-13(4-5-16(18)20)9-23-10-15(12-24)17(11-23)22-19(25)14-3-2-6-21-8-14/h2-8,15,17,24H,9-12H2,1H3,(H,22,25)/t15-,17+/m0/s1. The third kappa shape index (κ3) is 4.17. The highest BCUT2D eigenvalue weighted by molar-refractivity contribution is 5.94. The number of carbonyl (C=O) groups excluding carboxylic acids is 1. The van der Waals surface area contributed by atoms with Gasteiger partial charge in [0.2, 0.25) is 0 Å². The topological polar surface area (TPSA) is 74.7 Å². The van der Waals surface area contributed by atoms with Crippen LogP contribution in [-0.2, 0) is 6.54 Å². The third-order valence-electron chi connectivity index (χ3n) is 4.61. The number of amides is 1. The van der Waals surface area contributed by atoms with Gasteiger partial charge >= 0.3 is 0 Å². The maximum Gasteiger partial charge on any atom is 0.253 e. The van der Waals surface area contributed by atoms with Crippen LogP contribution in [0.15, 0.2) is 42.7 Å². The van der Waals surface area contributed by atoms with Crippen molar-refractivity contribution in [2.24, 2.45) is 5.92 Å². The van der Waals surface area contributed by atoms with Gasteiger partial charge < -0.3 is 15.2 Å². The van der Waals surface area contributed by atoms with Crippen LogP contribution >= 0.6 is 0 Å². The first kappa shape index (κ1) is 18.3. The fraction of sp³-hybridized carbons (Fsp3) is 0.368. The molecular formula is C19H22FN3O3. The lowest BCUT2D eigenvalue weighted by molar-refractivity contribution is 0.0920. The summed E-state index contributed by atoms with van der Waals surface area (Å²) in [6, 6.07) is 8.03. The van der Waals surface area contributed by atoms with Crippen molar-refractivity contribution >= 4 is 5.91 Å². The number of aliphatic hydroxyl groups excluding tert-OH is 1. The van der Waals surface area contributed by atoms with Gasteiger partial charge in [0.05, 0.1) is 12.7 Å². The number of aromatic nitrogens is 1. The van der Waals surface area contributed by atoms with Gasteiger partial charge in [-0.1, -0.05) is 6.07 Å². The molecule has 0 bridgehead atoms. The molecule has 6 nitrogen and oxygen atoms in total. The fourth-order valence-corrected chi connectivity index (χ4v) is 3.25. The number of likely N-dealkylation sites (tertiary alicyclic amines) is 1. The number of ether oxygens (including phenoxy) is 1. The molecule has 0 unspecified atom stereocenters. The molecule has 2 atom stereocenters. The molecule has 0 spiro atoms. The predicted molar refractivity (Wildman–Crippen MR) is 94.3 cm³/mol. The van der Waals surface area contributed by atoms with E-state index in [9.17, 15) is 14.3 Å². The highest BCUT2D eigenvalue weighted by atomic mass is 19.1. The molecule has 1 saturated heterocycles. The second-order valence-electron chi connectivity index (χ2n) is 6.43. The van der Waals surface area contributed by atoms with Crippen molar-refractivity contribution in [3.05, 3.63) is 59.7 Å². The number of aliphatic hydroxyl groups is 1. The first-order valence-corrected chi connectivity index (χ1v) is 8.47. The molecule has 2 N–H and O–H groups in total. The lowest BCUT2D eigenvalue weighted by atomic mass is 10.0. The van der Waals surface area contributed by atoms with Crippen molar-refractivity contribution in [3.8, 4) is 5.75 Å². The molecule has 2 heterocycles. The van der Waals surface area contributed by atoms with Crippen molar-refractivity contribution in [2.75, 3.05) is 26.8 Å². The first-order valence-electron chi connectivity index (χ1n) is 8.47. The van der Waals surface area contributed by atoms with Gasteiger partial charge in [-0.25, -0.2) is 4.39 Å². The Morgan fingerprint density at radius 3 is 2.96 bits per heavy atom. The van der Waals surface area contributed by atoms with E-state index in [0.29, 0.717) is 25.2 Å². The second-order valence-corrected chi connectivity index (χ2v) is 6.43. The Morgan fingerprint density at radius 1 is 1.42 bits per heavy atom. The lowest BCUT2D eigenvalue weighted by Crippen LogP contribution is -2.41. The Balaban J connectivity index is 1.64. The van der Waals surface area contributed by atoms with E-state index < -0.39 is 5.82 Å². The zero-order valence-electron chi connectivity index (χ0n) is 14.6. The molecule has 1 aliphatic rings. The Hall–Kier alpha value is -2.51. The summed E-state index contributed by atoms with van der Waals surface area (Å²) in [6.07, 6.45) is 3.13. The average molecular weight is 359 g/mol. The average Bonchev–Trinajstić information content (AvgIpc) is 3.05. The van der Waals surface area contributed by atoms with Crippen LogP contribution in [0, 0.1) is 11.7 Å². The molecule has 1 fully saturated rings. The molecule has 7 heteroatoms.